The van der Waals surface area contributed by atoms with Gasteiger partial charge in [0.1, 0.15) is 11.8 Å². The van der Waals surface area contributed by atoms with Crippen LogP contribution in [0.2, 0.25) is 0 Å². The second kappa shape index (κ2) is 6.79. The van der Waals surface area contributed by atoms with Gasteiger partial charge in [0.25, 0.3) is 0 Å². The number of rotatable bonds is 4. The smallest absolute Gasteiger partial charge is 0.409 e. The molecule has 0 spiro atoms. The van der Waals surface area contributed by atoms with E-state index in [4.69, 9.17) is 4.74 Å². The van der Waals surface area contributed by atoms with Crippen molar-refractivity contribution in [2.45, 2.75) is 45.4 Å². The fourth-order valence-electron chi connectivity index (χ4n) is 2.21. The Balaban J connectivity index is 1.87. The third-order valence-corrected chi connectivity index (χ3v) is 3.20. The lowest BCUT2D eigenvalue weighted by molar-refractivity contribution is 0.0345. The zero-order chi connectivity index (χ0) is 16.2. The molecule has 0 saturated heterocycles. The van der Waals surface area contributed by atoms with Crippen LogP contribution in [-0.4, -0.2) is 23.0 Å². The molecule has 0 saturated carbocycles. The molecule has 0 aliphatic rings. The van der Waals surface area contributed by atoms with E-state index in [9.17, 15) is 9.90 Å². The largest absolute Gasteiger partial charge is 0.444 e. The quantitative estimate of drug-likeness (QED) is 0.848. The first kappa shape index (κ1) is 16.3. The molecular weight excluding hydrogens is 278 g/mol. The summed E-state index contributed by atoms with van der Waals surface area (Å²) < 4.78 is 5.11. The van der Waals surface area contributed by atoms with Gasteiger partial charge in [-0.3, -0.25) is 5.32 Å². The van der Waals surface area contributed by atoms with Crippen molar-refractivity contribution < 1.29 is 14.6 Å². The average molecular weight is 301 g/mol. The number of amides is 1. The zero-order valence-corrected chi connectivity index (χ0v) is 13.3. The van der Waals surface area contributed by atoms with Gasteiger partial charge in [-0.1, -0.05) is 42.5 Å². The van der Waals surface area contributed by atoms with E-state index in [0.717, 1.165) is 5.56 Å². The summed E-state index contributed by atoms with van der Waals surface area (Å²) in [6, 6.07) is 14.4. The summed E-state index contributed by atoms with van der Waals surface area (Å²) in [4.78, 5) is 11.6. The first-order valence-electron chi connectivity index (χ1n) is 7.49. The number of aryl methyl sites for hydroxylation is 1. The Hall–Kier alpha value is -2.07. The highest BCUT2D eigenvalue weighted by atomic mass is 16.6. The molecule has 118 valence electrons. The molecule has 0 aromatic heterocycles. The Bertz CT molecular complexity index is 646. The highest BCUT2D eigenvalue weighted by Crippen LogP contribution is 2.17. The van der Waals surface area contributed by atoms with Crippen molar-refractivity contribution in [1.29, 1.82) is 0 Å². The normalized spacial score (nSPS) is 12.9. The van der Waals surface area contributed by atoms with Gasteiger partial charge in [0.15, 0.2) is 0 Å². The van der Waals surface area contributed by atoms with Crippen LogP contribution in [0.1, 0.15) is 32.8 Å². The second-order valence-corrected chi connectivity index (χ2v) is 6.38. The van der Waals surface area contributed by atoms with Crippen molar-refractivity contribution in [3.05, 3.63) is 48.0 Å². The summed E-state index contributed by atoms with van der Waals surface area (Å²) in [5.74, 6) is 0. The van der Waals surface area contributed by atoms with Crippen LogP contribution >= 0.6 is 0 Å². The van der Waals surface area contributed by atoms with E-state index in [1.165, 1.54) is 10.8 Å². The van der Waals surface area contributed by atoms with E-state index in [1.807, 2.05) is 18.2 Å². The monoisotopic (exact) mass is 301 g/mol. The summed E-state index contributed by atoms with van der Waals surface area (Å²) >= 11 is 0. The Morgan fingerprint density at radius 3 is 2.55 bits per heavy atom. The number of ether oxygens (including phenoxy) is 1. The number of hydrogen-bond donors (Lipinski definition) is 2. The van der Waals surface area contributed by atoms with Crippen LogP contribution in [0.25, 0.3) is 10.8 Å². The van der Waals surface area contributed by atoms with E-state index in [2.05, 4.69) is 29.6 Å². The van der Waals surface area contributed by atoms with Crippen molar-refractivity contribution in [3.63, 3.8) is 0 Å². The van der Waals surface area contributed by atoms with E-state index >= 15 is 0 Å². The first-order valence-corrected chi connectivity index (χ1v) is 7.49. The molecule has 4 nitrogen and oxygen atoms in total. The molecule has 4 heteroatoms. The zero-order valence-electron chi connectivity index (χ0n) is 13.3. The molecule has 0 aliphatic heterocycles. The van der Waals surface area contributed by atoms with E-state index in [-0.39, 0.29) is 0 Å². The predicted molar refractivity (Wildman–Crippen MR) is 87.6 cm³/mol. The van der Waals surface area contributed by atoms with Gasteiger partial charge in [-0.15, -0.1) is 0 Å². The minimum atomic E-state index is -0.915. The van der Waals surface area contributed by atoms with Crippen LogP contribution in [-0.2, 0) is 11.2 Å². The van der Waals surface area contributed by atoms with Crippen molar-refractivity contribution in [1.82, 2.24) is 5.32 Å². The fraction of sp³-hybridized carbons (Fsp3) is 0.389. The lowest BCUT2D eigenvalue weighted by atomic mass is 10.0. The number of aliphatic hydroxyl groups is 1. The lowest BCUT2D eigenvalue weighted by Gasteiger charge is -2.21. The number of carbonyl (C=O) groups is 1. The molecule has 1 amide bonds. The Morgan fingerprint density at radius 1 is 1.18 bits per heavy atom. The third kappa shape index (κ3) is 5.04. The predicted octanol–water partition coefficient (Wildman–Crippen LogP) is 3.62. The first-order chi connectivity index (χ1) is 10.3. The van der Waals surface area contributed by atoms with E-state index in [0.29, 0.717) is 12.8 Å². The maximum atomic E-state index is 11.6. The minimum absolute atomic E-state index is 0.442. The van der Waals surface area contributed by atoms with Crippen molar-refractivity contribution in [3.8, 4) is 0 Å². The maximum absolute atomic E-state index is 11.6. The van der Waals surface area contributed by atoms with Gasteiger partial charge in [-0.2, -0.15) is 0 Å². The van der Waals surface area contributed by atoms with Gasteiger partial charge in [-0.05, 0) is 49.9 Å². The average Bonchev–Trinajstić information content (AvgIpc) is 2.42. The van der Waals surface area contributed by atoms with Crippen molar-refractivity contribution in [2.75, 3.05) is 0 Å². The number of benzene rings is 2. The topological polar surface area (TPSA) is 58.6 Å². The molecule has 0 heterocycles. The van der Waals surface area contributed by atoms with Crippen LogP contribution in [0.4, 0.5) is 4.79 Å². The summed E-state index contributed by atoms with van der Waals surface area (Å²) in [6.45, 7) is 5.36. The van der Waals surface area contributed by atoms with Crippen molar-refractivity contribution in [2.24, 2.45) is 0 Å². The summed E-state index contributed by atoms with van der Waals surface area (Å²) in [5.41, 5.74) is 0.561. The highest BCUT2D eigenvalue weighted by molar-refractivity contribution is 5.82. The summed E-state index contributed by atoms with van der Waals surface area (Å²) in [5, 5.41) is 14.7. The number of carbonyl (C=O) groups excluding carboxylic acids is 1. The molecule has 0 fully saturated rings. The molecule has 2 aromatic rings. The van der Waals surface area contributed by atoms with Gasteiger partial charge in [-0.25, -0.2) is 4.79 Å². The van der Waals surface area contributed by atoms with E-state index < -0.39 is 17.9 Å². The molecule has 2 N–H and O–H groups in total. The Labute approximate surface area is 131 Å². The molecule has 0 aliphatic carbocycles. The number of alkyl carbamates (subject to hydrolysis) is 1. The molecule has 1 atom stereocenters. The lowest BCUT2D eigenvalue weighted by Crippen LogP contribution is -2.39. The van der Waals surface area contributed by atoms with Gasteiger partial charge in [0.2, 0.25) is 0 Å². The molecule has 0 bridgehead atoms. The molecule has 0 radical (unpaired) electrons. The van der Waals surface area contributed by atoms with E-state index in [1.54, 1.807) is 20.8 Å². The Kier molecular flexibility index (Phi) is 5.03. The molecule has 1 unspecified atom stereocenters. The maximum Gasteiger partial charge on any atom is 0.409 e. The highest BCUT2D eigenvalue weighted by Gasteiger charge is 2.18. The van der Waals surface area contributed by atoms with Crippen LogP contribution < -0.4 is 5.32 Å². The summed E-state index contributed by atoms with van der Waals surface area (Å²) in [7, 11) is 0. The van der Waals surface area contributed by atoms with Crippen molar-refractivity contribution >= 4 is 16.9 Å². The van der Waals surface area contributed by atoms with Gasteiger partial charge < -0.3 is 9.84 Å². The molecule has 2 rings (SSSR count). The standard InChI is InChI=1S/C18H23NO3/c1-18(2,3)22-17(21)19-16(20)11-9-13-8-10-14-6-4-5-7-15(14)12-13/h4-8,10,12,16,20H,9,11H2,1-3H3,(H,19,21). The Morgan fingerprint density at radius 2 is 1.86 bits per heavy atom. The molecule has 22 heavy (non-hydrogen) atoms. The van der Waals surface area contributed by atoms with Crippen LogP contribution in [0, 0.1) is 0 Å². The fourth-order valence-corrected chi connectivity index (χ4v) is 2.21. The summed E-state index contributed by atoms with van der Waals surface area (Å²) in [6.07, 6.45) is -0.390. The third-order valence-electron chi connectivity index (χ3n) is 3.20. The molecular formula is C18H23NO3. The number of aliphatic hydroxyl groups excluding tert-OH is 1. The van der Waals surface area contributed by atoms with Gasteiger partial charge in [0.05, 0.1) is 0 Å². The number of hydrogen-bond acceptors (Lipinski definition) is 3. The van der Waals surface area contributed by atoms with Crippen LogP contribution in [0.3, 0.4) is 0 Å². The number of nitrogens with one attached hydrogen (secondary N) is 1. The molecule has 2 aromatic carbocycles. The SMILES string of the molecule is CC(C)(C)OC(=O)NC(O)CCc1ccc2ccccc2c1. The minimum Gasteiger partial charge on any atom is -0.444 e. The van der Waals surface area contributed by atoms with Gasteiger partial charge in [0, 0.05) is 0 Å². The number of fused-ring (bicyclic) bond motifs is 1. The van der Waals surface area contributed by atoms with Gasteiger partial charge >= 0.3 is 6.09 Å². The second-order valence-electron chi connectivity index (χ2n) is 6.38. The van der Waals surface area contributed by atoms with Crippen LogP contribution in [0.15, 0.2) is 42.5 Å². The van der Waals surface area contributed by atoms with Crippen LogP contribution in [0.5, 0.6) is 0 Å².